The van der Waals surface area contributed by atoms with Crippen LogP contribution in [0, 0.1) is 0 Å². The van der Waals surface area contributed by atoms with Crippen molar-refractivity contribution >= 4 is 33.4 Å². The zero-order chi connectivity index (χ0) is 18.4. The number of carbonyl (C=O) groups is 2. The van der Waals surface area contributed by atoms with Gasteiger partial charge in [0.05, 0.1) is 0 Å². The van der Waals surface area contributed by atoms with E-state index in [-0.39, 0.29) is 24.3 Å². The lowest BCUT2D eigenvalue weighted by atomic mass is 10.0. The third-order valence-electron chi connectivity index (χ3n) is 3.59. The van der Waals surface area contributed by atoms with Crippen molar-refractivity contribution in [3.05, 3.63) is 58.1 Å². The van der Waals surface area contributed by atoms with Crippen molar-refractivity contribution < 1.29 is 14.3 Å². The first-order valence-electron chi connectivity index (χ1n) is 7.95. The lowest BCUT2D eigenvalue weighted by molar-refractivity contribution is -0.118. The highest BCUT2D eigenvalue weighted by Crippen LogP contribution is 2.29. The third-order valence-corrected chi connectivity index (χ3v) is 4.08. The van der Waals surface area contributed by atoms with Gasteiger partial charge in [0.25, 0.3) is 11.8 Å². The topological polar surface area (TPSA) is 67.4 Å². The number of hydrogen-bond acceptors (Lipinski definition) is 3. The standard InChI is InChI=1S/C19H21BrN2O3/c1-12(2)16-10-14(20)7-8-17(16)25-11-18(23)22-15-6-4-5-13(9-15)19(24)21-3/h4-10,12H,11H2,1-3H3,(H,21,24)(H,22,23). The van der Waals surface area contributed by atoms with E-state index in [9.17, 15) is 9.59 Å². The molecule has 0 atom stereocenters. The van der Waals surface area contributed by atoms with Crippen molar-refractivity contribution in [3.63, 3.8) is 0 Å². The van der Waals surface area contributed by atoms with Gasteiger partial charge < -0.3 is 15.4 Å². The SMILES string of the molecule is CNC(=O)c1cccc(NC(=O)COc2ccc(Br)cc2C(C)C)c1. The molecule has 0 fully saturated rings. The molecule has 6 heteroatoms. The highest BCUT2D eigenvalue weighted by molar-refractivity contribution is 9.10. The number of benzene rings is 2. The monoisotopic (exact) mass is 404 g/mol. The van der Waals surface area contributed by atoms with Crippen LogP contribution in [0.3, 0.4) is 0 Å². The minimum Gasteiger partial charge on any atom is -0.483 e. The van der Waals surface area contributed by atoms with Gasteiger partial charge >= 0.3 is 0 Å². The molecule has 0 heterocycles. The van der Waals surface area contributed by atoms with Crippen LogP contribution < -0.4 is 15.4 Å². The second-order valence-corrected chi connectivity index (χ2v) is 6.75. The van der Waals surface area contributed by atoms with Crippen LogP contribution in [0.25, 0.3) is 0 Å². The number of carbonyl (C=O) groups excluding carboxylic acids is 2. The van der Waals surface area contributed by atoms with Crippen molar-refractivity contribution in [2.75, 3.05) is 19.0 Å². The summed E-state index contributed by atoms with van der Waals surface area (Å²) in [4.78, 5) is 23.8. The van der Waals surface area contributed by atoms with Crippen molar-refractivity contribution in [2.24, 2.45) is 0 Å². The molecule has 5 nitrogen and oxygen atoms in total. The maximum Gasteiger partial charge on any atom is 0.262 e. The average molecular weight is 405 g/mol. The highest BCUT2D eigenvalue weighted by Gasteiger charge is 2.11. The summed E-state index contributed by atoms with van der Waals surface area (Å²) in [5.41, 5.74) is 2.06. The van der Waals surface area contributed by atoms with Gasteiger partial charge in [0.15, 0.2) is 6.61 Å². The molecule has 0 aliphatic carbocycles. The second kappa shape index (κ2) is 8.67. The molecular formula is C19H21BrN2O3. The summed E-state index contributed by atoms with van der Waals surface area (Å²) in [6.45, 7) is 4.03. The van der Waals surface area contributed by atoms with Crippen molar-refractivity contribution in [1.29, 1.82) is 0 Å². The summed E-state index contributed by atoms with van der Waals surface area (Å²) < 4.78 is 6.65. The zero-order valence-electron chi connectivity index (χ0n) is 14.4. The fourth-order valence-corrected chi connectivity index (χ4v) is 2.70. The highest BCUT2D eigenvalue weighted by atomic mass is 79.9. The Morgan fingerprint density at radius 3 is 2.60 bits per heavy atom. The largest absolute Gasteiger partial charge is 0.483 e. The Hall–Kier alpha value is -2.34. The molecule has 2 amide bonds. The van der Waals surface area contributed by atoms with Crippen LogP contribution in [0.4, 0.5) is 5.69 Å². The van der Waals surface area contributed by atoms with Gasteiger partial charge in [-0.1, -0.05) is 35.8 Å². The maximum absolute atomic E-state index is 12.1. The minimum atomic E-state index is -0.285. The molecule has 0 aliphatic heterocycles. The Labute approximate surface area is 155 Å². The van der Waals surface area contributed by atoms with Gasteiger partial charge in [0.2, 0.25) is 0 Å². The van der Waals surface area contributed by atoms with E-state index in [1.807, 2.05) is 18.2 Å². The van der Waals surface area contributed by atoms with Crippen molar-refractivity contribution in [2.45, 2.75) is 19.8 Å². The Bertz CT molecular complexity index is 775. The Morgan fingerprint density at radius 1 is 1.16 bits per heavy atom. The normalized spacial score (nSPS) is 10.4. The van der Waals surface area contributed by atoms with Crippen LogP contribution >= 0.6 is 15.9 Å². The number of ether oxygens (including phenoxy) is 1. The summed E-state index contributed by atoms with van der Waals surface area (Å²) in [5, 5.41) is 5.29. The van der Waals surface area contributed by atoms with E-state index in [4.69, 9.17) is 4.74 Å². The van der Waals surface area contributed by atoms with E-state index in [1.54, 1.807) is 31.3 Å². The number of halogens is 1. The van der Waals surface area contributed by atoms with Crippen molar-refractivity contribution in [1.82, 2.24) is 5.32 Å². The molecule has 2 aromatic rings. The van der Waals surface area contributed by atoms with Gasteiger partial charge in [0, 0.05) is 22.8 Å². The van der Waals surface area contributed by atoms with E-state index in [0.717, 1.165) is 10.0 Å². The van der Waals surface area contributed by atoms with Crippen LogP contribution in [-0.2, 0) is 4.79 Å². The molecule has 0 bridgehead atoms. The number of amides is 2. The number of hydrogen-bond donors (Lipinski definition) is 2. The Kier molecular flexibility index (Phi) is 6.58. The van der Waals surface area contributed by atoms with Gasteiger partial charge in [-0.15, -0.1) is 0 Å². The Morgan fingerprint density at radius 2 is 1.92 bits per heavy atom. The molecule has 132 valence electrons. The molecule has 2 rings (SSSR count). The van der Waals surface area contributed by atoms with Gasteiger partial charge in [-0.05, 0) is 47.9 Å². The molecule has 0 saturated heterocycles. The molecule has 0 unspecified atom stereocenters. The molecule has 0 saturated carbocycles. The molecule has 0 aromatic heterocycles. The van der Waals surface area contributed by atoms with E-state index < -0.39 is 0 Å². The molecule has 0 aliphatic rings. The smallest absolute Gasteiger partial charge is 0.262 e. The van der Waals surface area contributed by atoms with Gasteiger partial charge in [-0.3, -0.25) is 9.59 Å². The first-order valence-corrected chi connectivity index (χ1v) is 8.74. The molecule has 0 radical (unpaired) electrons. The van der Waals surface area contributed by atoms with Crippen LogP contribution in [0.1, 0.15) is 35.7 Å². The number of nitrogens with one attached hydrogen (secondary N) is 2. The fraction of sp³-hybridized carbons (Fsp3) is 0.263. The first kappa shape index (κ1) is 19.0. The molecular weight excluding hydrogens is 384 g/mol. The lowest BCUT2D eigenvalue weighted by Crippen LogP contribution is -2.21. The van der Waals surface area contributed by atoms with Crippen LogP contribution in [0.5, 0.6) is 5.75 Å². The molecule has 25 heavy (non-hydrogen) atoms. The average Bonchev–Trinajstić information content (AvgIpc) is 2.60. The number of rotatable bonds is 6. The number of anilines is 1. The third kappa shape index (κ3) is 5.32. The molecule has 2 aromatic carbocycles. The predicted molar refractivity (Wildman–Crippen MR) is 102 cm³/mol. The minimum absolute atomic E-state index is 0.106. The summed E-state index contributed by atoms with van der Waals surface area (Å²) in [6, 6.07) is 12.5. The van der Waals surface area contributed by atoms with E-state index >= 15 is 0 Å². The molecule has 2 N–H and O–H groups in total. The van der Waals surface area contributed by atoms with Gasteiger partial charge in [-0.25, -0.2) is 0 Å². The predicted octanol–water partition coefficient (Wildman–Crippen LogP) is 3.95. The van der Waals surface area contributed by atoms with Gasteiger partial charge in [-0.2, -0.15) is 0 Å². The van der Waals surface area contributed by atoms with Crippen LogP contribution in [0.15, 0.2) is 46.9 Å². The maximum atomic E-state index is 12.1. The molecule has 0 spiro atoms. The quantitative estimate of drug-likeness (QED) is 0.765. The van der Waals surface area contributed by atoms with Crippen LogP contribution in [0.2, 0.25) is 0 Å². The first-order chi connectivity index (χ1) is 11.9. The summed E-state index contributed by atoms with van der Waals surface area (Å²) in [6.07, 6.45) is 0. The van der Waals surface area contributed by atoms with E-state index in [0.29, 0.717) is 17.0 Å². The van der Waals surface area contributed by atoms with Gasteiger partial charge in [0.1, 0.15) is 5.75 Å². The summed E-state index contributed by atoms with van der Waals surface area (Å²) >= 11 is 3.45. The van der Waals surface area contributed by atoms with Crippen molar-refractivity contribution in [3.8, 4) is 5.75 Å². The lowest BCUT2D eigenvalue weighted by Gasteiger charge is -2.14. The van der Waals surface area contributed by atoms with Crippen LogP contribution in [-0.4, -0.2) is 25.5 Å². The Balaban J connectivity index is 2.01. The summed E-state index contributed by atoms with van der Waals surface area (Å²) in [7, 11) is 1.56. The van der Waals surface area contributed by atoms with E-state index in [2.05, 4.69) is 40.4 Å². The fourth-order valence-electron chi connectivity index (χ4n) is 2.32. The second-order valence-electron chi connectivity index (χ2n) is 5.83. The zero-order valence-corrected chi connectivity index (χ0v) is 16.0. The van der Waals surface area contributed by atoms with E-state index in [1.165, 1.54) is 0 Å². The summed E-state index contributed by atoms with van der Waals surface area (Å²) in [5.74, 6) is 0.475.